The highest BCUT2D eigenvalue weighted by molar-refractivity contribution is 7.99. The van der Waals surface area contributed by atoms with E-state index in [4.69, 9.17) is 9.52 Å². The van der Waals surface area contributed by atoms with Crippen molar-refractivity contribution in [2.45, 2.75) is 18.2 Å². The molecule has 1 aromatic heterocycles. The Kier molecular flexibility index (Phi) is 3.14. The molecule has 0 amide bonds. The lowest BCUT2D eigenvalue weighted by atomic mass is 10.3. The number of carboxylic acid groups (broad SMARTS) is 1. The number of aromatic nitrogens is 1. The highest BCUT2D eigenvalue weighted by Crippen LogP contribution is 2.24. The van der Waals surface area contributed by atoms with E-state index in [1.165, 1.54) is 11.8 Å². The van der Waals surface area contributed by atoms with E-state index in [1.807, 2.05) is 18.2 Å². The van der Waals surface area contributed by atoms with Gasteiger partial charge in [0.05, 0.1) is 6.42 Å². The Hall–Kier alpha value is -1.49. The van der Waals surface area contributed by atoms with Crippen molar-refractivity contribution in [3.05, 3.63) is 24.1 Å². The number of fused-ring (bicyclic) bond motifs is 1. The van der Waals surface area contributed by atoms with Crippen molar-refractivity contribution in [2.24, 2.45) is 0 Å². The Balaban J connectivity index is 2.10. The lowest BCUT2D eigenvalue weighted by molar-refractivity contribution is -0.136. The molecule has 1 heterocycles. The summed E-state index contributed by atoms with van der Waals surface area (Å²) < 4.78 is 5.40. The normalized spacial score (nSPS) is 10.8. The van der Waals surface area contributed by atoms with E-state index in [-0.39, 0.29) is 6.42 Å². The first-order valence-corrected chi connectivity index (χ1v) is 5.85. The van der Waals surface area contributed by atoms with E-state index >= 15 is 0 Å². The third kappa shape index (κ3) is 2.55. The summed E-state index contributed by atoms with van der Waals surface area (Å²) in [6, 6.07) is 5.70. The fourth-order valence-electron chi connectivity index (χ4n) is 1.37. The number of hydrogen-bond donors (Lipinski definition) is 1. The van der Waals surface area contributed by atoms with Gasteiger partial charge in [-0.2, -0.15) is 0 Å². The van der Waals surface area contributed by atoms with Crippen molar-refractivity contribution in [3.8, 4) is 0 Å². The van der Waals surface area contributed by atoms with Crippen LogP contribution in [0.1, 0.15) is 12.3 Å². The first-order valence-electron chi connectivity index (χ1n) is 4.87. The summed E-state index contributed by atoms with van der Waals surface area (Å²) in [6.45, 7) is 1.80. The molecule has 0 atom stereocenters. The molecule has 0 saturated heterocycles. The quantitative estimate of drug-likeness (QED) is 0.828. The molecular formula is C11H11NO3S. The first kappa shape index (κ1) is 11.0. The number of nitrogens with zero attached hydrogens (tertiary/aromatic N) is 1. The summed E-state index contributed by atoms with van der Waals surface area (Å²) in [5, 5.41) is 8.52. The van der Waals surface area contributed by atoms with Crippen molar-refractivity contribution in [1.82, 2.24) is 4.98 Å². The van der Waals surface area contributed by atoms with Crippen LogP contribution in [0.4, 0.5) is 0 Å². The molecule has 0 aliphatic rings. The number of oxazole rings is 1. The van der Waals surface area contributed by atoms with Gasteiger partial charge in [-0.3, -0.25) is 4.79 Å². The van der Waals surface area contributed by atoms with E-state index < -0.39 is 5.97 Å². The minimum absolute atomic E-state index is 0.165. The van der Waals surface area contributed by atoms with Crippen LogP contribution in [-0.4, -0.2) is 21.8 Å². The standard InChI is InChI=1S/C11H11NO3S/c1-7-12-9-3-2-8(6-10(9)15-7)16-5-4-11(13)14/h2-3,6H,4-5H2,1H3,(H,13,14). The van der Waals surface area contributed by atoms with Gasteiger partial charge in [-0.15, -0.1) is 11.8 Å². The largest absolute Gasteiger partial charge is 0.481 e. The number of carboxylic acids is 1. The highest BCUT2D eigenvalue weighted by atomic mass is 32.2. The molecule has 0 saturated carbocycles. The molecule has 0 radical (unpaired) electrons. The van der Waals surface area contributed by atoms with Crippen LogP contribution in [0, 0.1) is 6.92 Å². The molecule has 0 aliphatic carbocycles. The highest BCUT2D eigenvalue weighted by Gasteiger charge is 2.04. The molecule has 84 valence electrons. The third-order valence-corrected chi connectivity index (χ3v) is 3.05. The lowest BCUT2D eigenvalue weighted by Gasteiger charge is -1.98. The Morgan fingerprint density at radius 3 is 3.12 bits per heavy atom. The third-order valence-electron chi connectivity index (χ3n) is 2.05. The van der Waals surface area contributed by atoms with Crippen LogP contribution >= 0.6 is 11.8 Å². The predicted molar refractivity (Wildman–Crippen MR) is 61.7 cm³/mol. The summed E-state index contributed by atoms with van der Waals surface area (Å²) in [6.07, 6.45) is 0.165. The fourth-order valence-corrected chi connectivity index (χ4v) is 2.23. The maximum atomic E-state index is 10.4. The Morgan fingerprint density at radius 1 is 1.56 bits per heavy atom. The number of carbonyl (C=O) groups is 1. The van der Waals surface area contributed by atoms with Gasteiger partial charge in [0.2, 0.25) is 0 Å². The second-order valence-electron chi connectivity index (χ2n) is 3.35. The van der Waals surface area contributed by atoms with Gasteiger partial charge in [-0.05, 0) is 18.2 Å². The molecule has 5 heteroatoms. The molecule has 4 nitrogen and oxygen atoms in total. The zero-order chi connectivity index (χ0) is 11.5. The van der Waals surface area contributed by atoms with Crippen molar-refractivity contribution < 1.29 is 14.3 Å². The molecule has 0 spiro atoms. The van der Waals surface area contributed by atoms with E-state index in [2.05, 4.69) is 4.98 Å². The van der Waals surface area contributed by atoms with Gasteiger partial charge in [0, 0.05) is 17.6 Å². The van der Waals surface area contributed by atoms with Gasteiger partial charge < -0.3 is 9.52 Å². The Labute approximate surface area is 96.7 Å². The molecule has 0 unspecified atom stereocenters. The Morgan fingerprint density at radius 2 is 2.38 bits per heavy atom. The van der Waals surface area contributed by atoms with E-state index in [0.717, 1.165) is 16.0 Å². The predicted octanol–water partition coefficient (Wildman–Crippen LogP) is 2.70. The molecule has 1 N–H and O–H groups in total. The van der Waals surface area contributed by atoms with Gasteiger partial charge in [-0.25, -0.2) is 4.98 Å². The number of hydrogen-bond acceptors (Lipinski definition) is 4. The summed E-state index contributed by atoms with van der Waals surface area (Å²) in [4.78, 5) is 15.6. The summed E-state index contributed by atoms with van der Waals surface area (Å²) in [5.74, 6) is 0.431. The number of rotatable bonds is 4. The zero-order valence-corrected chi connectivity index (χ0v) is 9.58. The average molecular weight is 237 g/mol. The fraction of sp³-hybridized carbons (Fsp3) is 0.273. The van der Waals surface area contributed by atoms with Crippen molar-refractivity contribution >= 4 is 28.8 Å². The summed E-state index contributed by atoms with van der Waals surface area (Å²) in [7, 11) is 0. The molecule has 1 aromatic carbocycles. The number of benzene rings is 1. The molecular weight excluding hydrogens is 226 g/mol. The maximum absolute atomic E-state index is 10.4. The van der Waals surface area contributed by atoms with Gasteiger partial charge in [0.25, 0.3) is 0 Å². The zero-order valence-electron chi connectivity index (χ0n) is 8.77. The van der Waals surface area contributed by atoms with Gasteiger partial charge >= 0.3 is 5.97 Å². The van der Waals surface area contributed by atoms with Crippen LogP contribution in [0.3, 0.4) is 0 Å². The molecule has 0 bridgehead atoms. The topological polar surface area (TPSA) is 63.3 Å². The maximum Gasteiger partial charge on any atom is 0.304 e. The second-order valence-corrected chi connectivity index (χ2v) is 4.52. The summed E-state index contributed by atoms with van der Waals surface area (Å²) >= 11 is 1.50. The molecule has 2 rings (SSSR count). The van der Waals surface area contributed by atoms with E-state index in [9.17, 15) is 4.79 Å². The molecule has 2 aromatic rings. The SMILES string of the molecule is Cc1nc2ccc(SCCC(=O)O)cc2o1. The van der Waals surface area contributed by atoms with Gasteiger partial charge in [0.15, 0.2) is 11.5 Å². The van der Waals surface area contributed by atoms with Gasteiger partial charge in [0.1, 0.15) is 5.52 Å². The van der Waals surface area contributed by atoms with Crippen LogP contribution in [0.25, 0.3) is 11.1 Å². The smallest absolute Gasteiger partial charge is 0.304 e. The van der Waals surface area contributed by atoms with Crippen molar-refractivity contribution in [3.63, 3.8) is 0 Å². The van der Waals surface area contributed by atoms with E-state index in [1.54, 1.807) is 6.92 Å². The monoisotopic (exact) mass is 237 g/mol. The summed E-state index contributed by atoms with van der Waals surface area (Å²) in [5.41, 5.74) is 1.58. The number of thioether (sulfide) groups is 1. The number of aryl methyl sites for hydroxylation is 1. The first-order chi connectivity index (χ1) is 7.65. The number of aliphatic carboxylic acids is 1. The molecule has 0 aliphatic heterocycles. The van der Waals surface area contributed by atoms with Crippen molar-refractivity contribution in [2.75, 3.05) is 5.75 Å². The lowest BCUT2D eigenvalue weighted by Crippen LogP contribution is -1.95. The van der Waals surface area contributed by atoms with E-state index in [0.29, 0.717) is 11.6 Å². The average Bonchev–Trinajstić information content (AvgIpc) is 2.56. The molecule has 0 fully saturated rings. The van der Waals surface area contributed by atoms with Crippen LogP contribution in [-0.2, 0) is 4.79 Å². The minimum atomic E-state index is -0.774. The van der Waals surface area contributed by atoms with Crippen LogP contribution in [0.2, 0.25) is 0 Å². The minimum Gasteiger partial charge on any atom is -0.481 e. The Bertz CT molecular complexity index is 521. The van der Waals surface area contributed by atoms with Crippen LogP contribution in [0.5, 0.6) is 0 Å². The van der Waals surface area contributed by atoms with Crippen LogP contribution < -0.4 is 0 Å². The molecule has 16 heavy (non-hydrogen) atoms. The second kappa shape index (κ2) is 4.57. The van der Waals surface area contributed by atoms with Crippen molar-refractivity contribution in [1.29, 1.82) is 0 Å². The van der Waals surface area contributed by atoms with Crippen LogP contribution in [0.15, 0.2) is 27.5 Å². The van der Waals surface area contributed by atoms with Gasteiger partial charge in [-0.1, -0.05) is 0 Å².